The van der Waals surface area contributed by atoms with Crippen LogP contribution in [0.15, 0.2) is 60.7 Å². The van der Waals surface area contributed by atoms with Crippen molar-refractivity contribution in [3.63, 3.8) is 0 Å². The Labute approximate surface area is 223 Å². The molecule has 2 atom stereocenters. The van der Waals surface area contributed by atoms with Gasteiger partial charge in [0, 0.05) is 29.9 Å². The lowest BCUT2D eigenvalue weighted by molar-refractivity contribution is -0.118. The molecule has 0 spiro atoms. The SMILES string of the molecule is CCC(C)Oc1cc2c(cc1OC)CC(=O)N(c1ccc(C(=O)N(C)CC)cc1)[C@@H]2c1ccc(Cl)cc1. The van der Waals surface area contributed by atoms with Gasteiger partial charge in [-0.2, -0.15) is 0 Å². The molecule has 0 radical (unpaired) electrons. The highest BCUT2D eigenvalue weighted by Crippen LogP contribution is 2.43. The fourth-order valence-electron chi connectivity index (χ4n) is 4.50. The lowest BCUT2D eigenvalue weighted by atomic mass is 9.86. The van der Waals surface area contributed by atoms with Gasteiger partial charge in [-0.05, 0) is 85.5 Å². The molecule has 194 valence electrons. The predicted octanol–water partition coefficient (Wildman–Crippen LogP) is 6.30. The molecule has 6 nitrogen and oxygen atoms in total. The molecule has 0 aromatic heterocycles. The van der Waals surface area contributed by atoms with Crippen LogP contribution in [0, 0.1) is 0 Å². The molecular weight excluding hydrogens is 488 g/mol. The number of carbonyl (C=O) groups is 2. The average molecular weight is 521 g/mol. The summed E-state index contributed by atoms with van der Waals surface area (Å²) in [5, 5.41) is 0.621. The van der Waals surface area contributed by atoms with E-state index in [9.17, 15) is 9.59 Å². The molecule has 1 unspecified atom stereocenters. The van der Waals surface area contributed by atoms with Gasteiger partial charge in [-0.15, -0.1) is 0 Å². The second kappa shape index (κ2) is 11.3. The zero-order valence-corrected chi connectivity index (χ0v) is 22.7. The zero-order valence-electron chi connectivity index (χ0n) is 22.0. The standard InChI is InChI=1S/C30H33ClN2O4/c1-6-19(3)37-27-18-25-22(16-26(27)36-5)17-28(34)33(29(25)20-8-12-23(31)13-9-20)24-14-10-21(11-15-24)30(35)32(4)7-2/h8-16,18-19,29H,6-7,17H2,1-5H3/t19?,29-/m1/s1. The molecule has 4 rings (SSSR count). The van der Waals surface area contributed by atoms with Gasteiger partial charge in [0.25, 0.3) is 5.91 Å². The van der Waals surface area contributed by atoms with Gasteiger partial charge in [-0.1, -0.05) is 30.7 Å². The third-order valence-electron chi connectivity index (χ3n) is 6.89. The van der Waals surface area contributed by atoms with Gasteiger partial charge in [0.15, 0.2) is 11.5 Å². The number of hydrogen-bond acceptors (Lipinski definition) is 4. The lowest BCUT2D eigenvalue weighted by Crippen LogP contribution is -2.41. The van der Waals surface area contributed by atoms with Crippen molar-refractivity contribution in [2.24, 2.45) is 0 Å². The van der Waals surface area contributed by atoms with Gasteiger partial charge in [0.2, 0.25) is 5.91 Å². The molecule has 0 N–H and O–H groups in total. The Bertz CT molecular complexity index is 1270. The van der Waals surface area contributed by atoms with E-state index in [0.29, 0.717) is 34.3 Å². The zero-order chi connectivity index (χ0) is 26.7. The fourth-order valence-corrected chi connectivity index (χ4v) is 4.63. The topological polar surface area (TPSA) is 59.1 Å². The molecule has 1 aliphatic heterocycles. The van der Waals surface area contributed by atoms with E-state index in [1.165, 1.54) is 0 Å². The summed E-state index contributed by atoms with van der Waals surface area (Å²) in [4.78, 5) is 29.7. The minimum Gasteiger partial charge on any atom is -0.493 e. The molecule has 0 saturated heterocycles. The molecule has 1 heterocycles. The molecule has 0 fully saturated rings. The number of benzene rings is 3. The summed E-state index contributed by atoms with van der Waals surface area (Å²) in [7, 11) is 3.38. The number of hydrogen-bond donors (Lipinski definition) is 0. The number of carbonyl (C=O) groups excluding carboxylic acids is 2. The van der Waals surface area contributed by atoms with Crippen molar-refractivity contribution < 1.29 is 19.1 Å². The van der Waals surface area contributed by atoms with Crippen LogP contribution >= 0.6 is 11.6 Å². The predicted molar refractivity (Wildman–Crippen MR) is 147 cm³/mol. The van der Waals surface area contributed by atoms with E-state index in [1.54, 1.807) is 36.1 Å². The van der Waals surface area contributed by atoms with Crippen molar-refractivity contribution in [1.29, 1.82) is 0 Å². The smallest absolute Gasteiger partial charge is 0.253 e. The highest BCUT2D eigenvalue weighted by atomic mass is 35.5. The molecule has 0 saturated carbocycles. The van der Waals surface area contributed by atoms with Gasteiger partial charge in [-0.25, -0.2) is 0 Å². The van der Waals surface area contributed by atoms with Crippen molar-refractivity contribution in [1.82, 2.24) is 4.90 Å². The first kappa shape index (κ1) is 26.6. The maximum absolute atomic E-state index is 13.6. The third kappa shape index (κ3) is 5.44. The Morgan fingerprint density at radius 2 is 1.76 bits per heavy atom. The molecule has 0 bridgehead atoms. The van der Waals surface area contributed by atoms with Crippen molar-refractivity contribution in [2.45, 2.75) is 45.8 Å². The van der Waals surface area contributed by atoms with Gasteiger partial charge in [-0.3, -0.25) is 9.59 Å². The molecule has 1 aliphatic rings. The normalized spacial score (nSPS) is 15.7. The fraction of sp³-hybridized carbons (Fsp3) is 0.333. The van der Waals surface area contributed by atoms with Crippen LogP contribution in [0.1, 0.15) is 60.3 Å². The maximum atomic E-state index is 13.6. The van der Waals surface area contributed by atoms with E-state index in [2.05, 4.69) is 6.92 Å². The second-order valence-electron chi connectivity index (χ2n) is 9.30. The Hall–Kier alpha value is -3.51. The Morgan fingerprint density at radius 1 is 1.08 bits per heavy atom. The third-order valence-corrected chi connectivity index (χ3v) is 7.14. The Kier molecular flexibility index (Phi) is 8.08. The van der Waals surface area contributed by atoms with Crippen molar-refractivity contribution in [3.8, 4) is 11.5 Å². The molecular formula is C30H33ClN2O4. The lowest BCUT2D eigenvalue weighted by Gasteiger charge is -2.38. The minimum atomic E-state index is -0.404. The van der Waals surface area contributed by atoms with E-state index >= 15 is 0 Å². The summed E-state index contributed by atoms with van der Waals surface area (Å²) in [5.74, 6) is 1.15. The van der Waals surface area contributed by atoms with Crippen molar-refractivity contribution in [2.75, 3.05) is 25.6 Å². The number of amides is 2. The second-order valence-corrected chi connectivity index (χ2v) is 9.74. The number of anilines is 1. The highest BCUT2D eigenvalue weighted by Gasteiger charge is 2.36. The quantitative estimate of drug-likeness (QED) is 0.350. The van der Waals surface area contributed by atoms with Crippen LogP contribution in [-0.4, -0.2) is 43.5 Å². The summed E-state index contributed by atoms with van der Waals surface area (Å²) in [6.45, 7) is 6.63. The van der Waals surface area contributed by atoms with Crippen LogP contribution in [0.2, 0.25) is 5.02 Å². The summed E-state index contributed by atoms with van der Waals surface area (Å²) in [6, 6.07) is 18.3. The van der Waals surface area contributed by atoms with E-state index in [4.69, 9.17) is 21.1 Å². The average Bonchev–Trinajstić information content (AvgIpc) is 2.92. The van der Waals surface area contributed by atoms with Crippen LogP contribution in [0.3, 0.4) is 0 Å². The van der Waals surface area contributed by atoms with Gasteiger partial charge < -0.3 is 19.3 Å². The minimum absolute atomic E-state index is 0.00795. The Balaban J connectivity index is 1.84. The number of fused-ring (bicyclic) bond motifs is 1. The maximum Gasteiger partial charge on any atom is 0.253 e. The highest BCUT2D eigenvalue weighted by molar-refractivity contribution is 6.30. The van der Waals surface area contributed by atoms with E-state index in [0.717, 1.165) is 23.1 Å². The summed E-state index contributed by atoms with van der Waals surface area (Å²) >= 11 is 6.20. The summed E-state index contributed by atoms with van der Waals surface area (Å²) in [5.41, 5.74) is 4.07. The number of halogens is 1. The van der Waals surface area contributed by atoms with Crippen LogP contribution < -0.4 is 14.4 Å². The molecule has 3 aromatic rings. The van der Waals surface area contributed by atoms with Crippen molar-refractivity contribution >= 4 is 29.1 Å². The summed E-state index contributed by atoms with van der Waals surface area (Å²) in [6.07, 6.45) is 1.08. The van der Waals surface area contributed by atoms with Gasteiger partial charge in [0.1, 0.15) is 0 Å². The van der Waals surface area contributed by atoms with E-state index < -0.39 is 6.04 Å². The van der Waals surface area contributed by atoms with Gasteiger partial charge >= 0.3 is 0 Å². The number of ether oxygens (including phenoxy) is 2. The van der Waals surface area contributed by atoms with E-state index in [-0.39, 0.29) is 24.3 Å². The van der Waals surface area contributed by atoms with Gasteiger partial charge in [0.05, 0.1) is 25.7 Å². The van der Waals surface area contributed by atoms with Crippen LogP contribution in [0.25, 0.3) is 0 Å². The monoisotopic (exact) mass is 520 g/mol. The molecule has 7 heteroatoms. The number of rotatable bonds is 8. The first-order valence-corrected chi connectivity index (χ1v) is 13.0. The molecule has 3 aromatic carbocycles. The van der Waals surface area contributed by atoms with E-state index in [1.807, 2.05) is 62.4 Å². The van der Waals surface area contributed by atoms with Crippen LogP contribution in [0.5, 0.6) is 11.5 Å². The Morgan fingerprint density at radius 3 is 2.35 bits per heavy atom. The first-order chi connectivity index (χ1) is 17.8. The summed E-state index contributed by atoms with van der Waals surface area (Å²) < 4.78 is 11.8. The number of methoxy groups -OCH3 is 1. The molecule has 37 heavy (non-hydrogen) atoms. The van der Waals surface area contributed by atoms with Crippen molar-refractivity contribution in [3.05, 3.63) is 87.9 Å². The molecule has 0 aliphatic carbocycles. The number of nitrogens with zero attached hydrogens (tertiary/aromatic N) is 2. The first-order valence-electron chi connectivity index (χ1n) is 12.6. The largest absolute Gasteiger partial charge is 0.493 e. The van der Waals surface area contributed by atoms with Crippen LogP contribution in [-0.2, 0) is 11.2 Å². The molecule has 2 amide bonds. The van der Waals surface area contributed by atoms with Crippen LogP contribution in [0.4, 0.5) is 5.69 Å².